The molecule has 0 N–H and O–H groups in total. The van der Waals surface area contributed by atoms with E-state index in [-0.39, 0.29) is 10.8 Å². The standard InChI is InChI=1S/C50H42N4/c1-49(2,3)37-15-23-41(24-16-37)53(39-19-7-33(31-51)8-20-39)45-29-13-35-12-28-44-46(30-14-36-11-27-43(45)47(35)48(36)44)54(40-21-9-34(32-52)10-22-40)42-25-17-38(18-26-42)50(4,5)6/h7-30H,1-6H3. The van der Waals surface area contributed by atoms with Crippen LogP contribution in [0.1, 0.15) is 63.8 Å². The first-order valence-electron chi connectivity index (χ1n) is 18.5. The van der Waals surface area contributed by atoms with Gasteiger partial charge < -0.3 is 9.80 Å². The van der Waals surface area contributed by atoms with Crippen LogP contribution >= 0.6 is 0 Å². The van der Waals surface area contributed by atoms with Gasteiger partial charge in [0.1, 0.15) is 0 Å². The van der Waals surface area contributed by atoms with E-state index in [9.17, 15) is 10.5 Å². The van der Waals surface area contributed by atoms with Crippen LogP contribution in [0, 0.1) is 22.7 Å². The Hall–Kier alpha value is -6.62. The third-order valence-electron chi connectivity index (χ3n) is 10.6. The van der Waals surface area contributed by atoms with Crippen LogP contribution in [0.2, 0.25) is 0 Å². The molecule has 0 atom stereocenters. The average molecular weight is 699 g/mol. The maximum Gasteiger partial charge on any atom is 0.0991 e. The monoisotopic (exact) mass is 698 g/mol. The van der Waals surface area contributed by atoms with Gasteiger partial charge in [0.15, 0.2) is 0 Å². The number of hydrogen-bond donors (Lipinski definition) is 0. The van der Waals surface area contributed by atoms with Crippen LogP contribution in [0.4, 0.5) is 34.1 Å². The molecule has 4 heteroatoms. The highest BCUT2D eigenvalue weighted by atomic mass is 15.1. The highest BCUT2D eigenvalue weighted by Crippen LogP contribution is 2.47. The molecular formula is C50H42N4. The van der Waals surface area contributed by atoms with Crippen molar-refractivity contribution in [1.29, 1.82) is 10.5 Å². The molecule has 4 nitrogen and oxygen atoms in total. The maximum atomic E-state index is 9.60. The Bertz CT molecular complexity index is 2520. The summed E-state index contributed by atoms with van der Waals surface area (Å²) in [4.78, 5) is 4.61. The summed E-state index contributed by atoms with van der Waals surface area (Å²) in [5.41, 5.74) is 10.1. The molecule has 0 aliphatic heterocycles. The number of hydrogen-bond acceptors (Lipinski definition) is 4. The minimum Gasteiger partial charge on any atom is -0.310 e. The highest BCUT2D eigenvalue weighted by Gasteiger charge is 2.23. The Balaban J connectivity index is 1.36. The average Bonchev–Trinajstić information content (AvgIpc) is 3.18. The predicted molar refractivity (Wildman–Crippen MR) is 226 cm³/mol. The van der Waals surface area contributed by atoms with Crippen LogP contribution in [0.3, 0.4) is 0 Å². The molecule has 0 bridgehead atoms. The lowest BCUT2D eigenvalue weighted by Crippen LogP contribution is -2.14. The van der Waals surface area contributed by atoms with E-state index in [1.807, 2.05) is 48.5 Å². The van der Waals surface area contributed by atoms with E-state index < -0.39 is 0 Å². The molecule has 0 spiro atoms. The zero-order chi connectivity index (χ0) is 37.8. The first kappa shape index (κ1) is 34.5. The lowest BCUT2D eigenvalue weighted by Gasteiger charge is -2.30. The topological polar surface area (TPSA) is 54.1 Å². The van der Waals surface area contributed by atoms with Crippen molar-refractivity contribution in [2.75, 3.05) is 9.80 Å². The molecule has 0 saturated carbocycles. The predicted octanol–water partition coefficient (Wildman–Crippen LogP) is 13.9. The van der Waals surface area contributed by atoms with Gasteiger partial charge in [-0.3, -0.25) is 0 Å². The molecule has 0 radical (unpaired) electrons. The summed E-state index contributed by atoms with van der Waals surface area (Å²) in [5.74, 6) is 0. The van der Waals surface area contributed by atoms with Gasteiger partial charge in [-0.1, -0.05) is 102 Å². The van der Waals surface area contributed by atoms with E-state index in [0.717, 1.165) is 44.9 Å². The number of rotatable bonds is 6. The first-order chi connectivity index (χ1) is 25.9. The smallest absolute Gasteiger partial charge is 0.0991 e. The van der Waals surface area contributed by atoms with Gasteiger partial charge in [0, 0.05) is 33.5 Å². The van der Waals surface area contributed by atoms with Crippen molar-refractivity contribution in [3.63, 3.8) is 0 Å². The van der Waals surface area contributed by atoms with Gasteiger partial charge in [-0.25, -0.2) is 0 Å². The summed E-state index contributed by atoms with van der Waals surface area (Å²) in [5, 5.41) is 26.2. The van der Waals surface area contributed by atoms with Gasteiger partial charge in [0.2, 0.25) is 0 Å². The second-order valence-electron chi connectivity index (χ2n) is 16.2. The molecule has 0 aromatic heterocycles. The molecule has 8 aromatic carbocycles. The molecule has 0 fully saturated rings. The van der Waals surface area contributed by atoms with Crippen molar-refractivity contribution in [3.8, 4) is 12.1 Å². The SMILES string of the molecule is CC(C)(C)c1ccc(N(c2ccc(C#N)cc2)c2ccc3ccc4c(N(c5ccc(C#N)cc5)c5ccc(C(C)(C)C)cc5)ccc5ccc2c3c54)cc1. The van der Waals surface area contributed by atoms with Crippen molar-refractivity contribution < 1.29 is 0 Å². The Labute approximate surface area is 318 Å². The molecule has 0 unspecified atom stereocenters. The quantitative estimate of drug-likeness (QED) is 0.162. The van der Waals surface area contributed by atoms with Crippen LogP contribution < -0.4 is 9.80 Å². The van der Waals surface area contributed by atoms with E-state index in [2.05, 4.69) is 161 Å². The number of benzene rings is 8. The van der Waals surface area contributed by atoms with Gasteiger partial charge in [-0.05, 0) is 128 Å². The van der Waals surface area contributed by atoms with Gasteiger partial charge >= 0.3 is 0 Å². The molecular weight excluding hydrogens is 657 g/mol. The molecule has 0 heterocycles. The van der Waals surface area contributed by atoms with E-state index >= 15 is 0 Å². The van der Waals surface area contributed by atoms with Crippen LogP contribution in [0.15, 0.2) is 146 Å². The highest BCUT2D eigenvalue weighted by molar-refractivity contribution is 6.28. The third-order valence-corrected chi connectivity index (χ3v) is 10.6. The number of nitriles is 2. The summed E-state index contributed by atoms with van der Waals surface area (Å²) in [6.07, 6.45) is 0. The summed E-state index contributed by atoms with van der Waals surface area (Å²) < 4.78 is 0. The zero-order valence-corrected chi connectivity index (χ0v) is 31.6. The summed E-state index contributed by atoms with van der Waals surface area (Å²) in [6.45, 7) is 13.4. The van der Waals surface area contributed by atoms with Crippen molar-refractivity contribution in [2.24, 2.45) is 0 Å². The molecule has 54 heavy (non-hydrogen) atoms. The van der Waals surface area contributed by atoms with Gasteiger partial charge in [-0.15, -0.1) is 0 Å². The van der Waals surface area contributed by atoms with E-state index in [0.29, 0.717) is 11.1 Å². The van der Waals surface area contributed by atoms with Crippen molar-refractivity contribution >= 4 is 66.4 Å². The molecule has 8 aromatic rings. The lowest BCUT2D eigenvalue weighted by atomic mass is 9.87. The van der Waals surface area contributed by atoms with E-state index in [1.54, 1.807) is 0 Å². The van der Waals surface area contributed by atoms with Crippen LogP contribution in [0.5, 0.6) is 0 Å². The van der Waals surface area contributed by atoms with E-state index in [4.69, 9.17) is 0 Å². The first-order valence-corrected chi connectivity index (χ1v) is 18.5. The van der Waals surface area contributed by atoms with Gasteiger partial charge in [-0.2, -0.15) is 10.5 Å². The Morgan fingerprint density at radius 1 is 0.370 bits per heavy atom. The van der Waals surface area contributed by atoms with Crippen molar-refractivity contribution in [2.45, 2.75) is 52.4 Å². The largest absolute Gasteiger partial charge is 0.310 e. The summed E-state index contributed by atoms with van der Waals surface area (Å²) in [6, 6.07) is 55.8. The second-order valence-corrected chi connectivity index (χ2v) is 16.2. The summed E-state index contributed by atoms with van der Waals surface area (Å²) in [7, 11) is 0. The summed E-state index contributed by atoms with van der Waals surface area (Å²) >= 11 is 0. The number of nitrogens with zero attached hydrogens (tertiary/aromatic N) is 4. The molecule has 0 aliphatic rings. The Morgan fingerprint density at radius 2 is 0.667 bits per heavy atom. The minimum absolute atomic E-state index is 0.0305. The Morgan fingerprint density at radius 3 is 0.963 bits per heavy atom. The number of anilines is 6. The van der Waals surface area contributed by atoms with Crippen LogP contribution in [-0.2, 0) is 10.8 Å². The molecule has 0 aliphatic carbocycles. The van der Waals surface area contributed by atoms with Crippen molar-refractivity contribution in [3.05, 3.63) is 168 Å². The molecule has 8 rings (SSSR count). The molecule has 0 saturated heterocycles. The van der Waals surface area contributed by atoms with Crippen LogP contribution in [0.25, 0.3) is 32.3 Å². The zero-order valence-electron chi connectivity index (χ0n) is 31.6. The Kier molecular flexibility index (Phi) is 8.36. The molecule has 262 valence electrons. The molecule has 0 amide bonds. The third kappa shape index (κ3) is 6.07. The van der Waals surface area contributed by atoms with Crippen LogP contribution in [-0.4, -0.2) is 0 Å². The van der Waals surface area contributed by atoms with Gasteiger partial charge in [0.25, 0.3) is 0 Å². The minimum atomic E-state index is 0.0305. The van der Waals surface area contributed by atoms with E-state index in [1.165, 1.54) is 32.7 Å². The lowest BCUT2D eigenvalue weighted by molar-refractivity contribution is 0.590. The van der Waals surface area contributed by atoms with Gasteiger partial charge in [0.05, 0.1) is 34.6 Å². The normalized spacial score (nSPS) is 11.9. The fourth-order valence-corrected chi connectivity index (χ4v) is 7.61. The maximum absolute atomic E-state index is 9.60. The fourth-order valence-electron chi connectivity index (χ4n) is 7.61. The second kappa shape index (κ2) is 13.1. The fraction of sp³-hybridized carbons (Fsp3) is 0.160. The van der Waals surface area contributed by atoms with Crippen molar-refractivity contribution in [1.82, 2.24) is 0 Å².